The summed E-state index contributed by atoms with van der Waals surface area (Å²) in [6.45, 7) is 0. The molecule has 0 saturated heterocycles. The van der Waals surface area contributed by atoms with Crippen molar-refractivity contribution in [1.29, 1.82) is 0 Å². The summed E-state index contributed by atoms with van der Waals surface area (Å²) in [4.78, 5) is 23.8. The summed E-state index contributed by atoms with van der Waals surface area (Å²) in [5.41, 5.74) is 1.47. The molecule has 1 aliphatic carbocycles. The Morgan fingerprint density at radius 3 is 2.22 bits per heavy atom. The molecule has 0 heterocycles. The van der Waals surface area contributed by atoms with Gasteiger partial charge in [-0.25, -0.2) is 4.39 Å². The first-order valence-electron chi connectivity index (χ1n) is 7.20. The van der Waals surface area contributed by atoms with Crippen LogP contribution in [0.3, 0.4) is 0 Å². The van der Waals surface area contributed by atoms with E-state index in [0.29, 0.717) is 15.8 Å². The summed E-state index contributed by atoms with van der Waals surface area (Å²) in [5, 5.41) is 5.52. The third kappa shape index (κ3) is 3.96. The molecule has 23 heavy (non-hydrogen) atoms. The van der Waals surface area contributed by atoms with Crippen molar-refractivity contribution in [3.8, 4) is 0 Å². The van der Waals surface area contributed by atoms with E-state index in [-0.39, 0.29) is 17.4 Å². The van der Waals surface area contributed by atoms with Gasteiger partial charge in [-0.3, -0.25) is 9.59 Å². The zero-order chi connectivity index (χ0) is 16.4. The number of nitrogens with one attached hydrogen (secondary N) is 2. The van der Waals surface area contributed by atoms with Crippen molar-refractivity contribution in [2.75, 3.05) is 10.6 Å². The Bertz CT molecular complexity index is 758. The number of amides is 2. The van der Waals surface area contributed by atoms with Gasteiger partial charge >= 0.3 is 0 Å². The Kier molecular flexibility index (Phi) is 4.43. The van der Waals surface area contributed by atoms with Crippen LogP contribution in [0, 0.1) is 11.7 Å². The summed E-state index contributed by atoms with van der Waals surface area (Å²) in [6, 6.07) is 10.7. The highest BCUT2D eigenvalue weighted by Crippen LogP contribution is 2.30. The van der Waals surface area contributed by atoms with Crippen molar-refractivity contribution < 1.29 is 14.0 Å². The van der Waals surface area contributed by atoms with Crippen LogP contribution in [0.5, 0.6) is 0 Å². The highest BCUT2D eigenvalue weighted by atomic mass is 79.9. The second-order valence-electron chi connectivity index (χ2n) is 5.42. The van der Waals surface area contributed by atoms with Crippen LogP contribution in [0.2, 0.25) is 0 Å². The quantitative estimate of drug-likeness (QED) is 0.840. The van der Waals surface area contributed by atoms with Crippen LogP contribution in [0.1, 0.15) is 23.2 Å². The zero-order valence-corrected chi connectivity index (χ0v) is 13.7. The van der Waals surface area contributed by atoms with E-state index in [2.05, 4.69) is 26.6 Å². The smallest absolute Gasteiger partial charge is 0.256 e. The predicted molar refractivity (Wildman–Crippen MR) is 89.8 cm³/mol. The molecule has 4 nitrogen and oxygen atoms in total. The van der Waals surface area contributed by atoms with Gasteiger partial charge in [-0.1, -0.05) is 0 Å². The molecule has 118 valence electrons. The van der Waals surface area contributed by atoms with Gasteiger partial charge in [0.1, 0.15) is 5.82 Å². The molecule has 0 atom stereocenters. The van der Waals surface area contributed by atoms with E-state index in [9.17, 15) is 14.0 Å². The maximum atomic E-state index is 13.2. The van der Waals surface area contributed by atoms with E-state index in [1.54, 1.807) is 24.3 Å². The van der Waals surface area contributed by atoms with E-state index >= 15 is 0 Å². The van der Waals surface area contributed by atoms with Crippen LogP contribution in [0.15, 0.2) is 46.9 Å². The lowest BCUT2D eigenvalue weighted by molar-refractivity contribution is -0.117. The minimum atomic E-state index is -0.475. The lowest BCUT2D eigenvalue weighted by atomic mass is 10.2. The second-order valence-corrected chi connectivity index (χ2v) is 6.27. The molecular formula is C17H14BrFN2O2. The Balaban J connectivity index is 1.66. The molecule has 0 radical (unpaired) electrons. The molecule has 2 amide bonds. The number of benzene rings is 2. The molecule has 0 unspecified atom stereocenters. The van der Waals surface area contributed by atoms with Gasteiger partial charge in [0.15, 0.2) is 0 Å². The number of carbonyl (C=O) groups excluding carboxylic acids is 2. The molecule has 0 aliphatic heterocycles. The van der Waals surface area contributed by atoms with Crippen molar-refractivity contribution in [2.24, 2.45) is 5.92 Å². The van der Waals surface area contributed by atoms with E-state index < -0.39 is 11.7 Å². The fraction of sp³-hybridized carbons (Fsp3) is 0.176. The minimum absolute atomic E-state index is 0.0328. The van der Waals surface area contributed by atoms with Gasteiger partial charge in [0.2, 0.25) is 5.91 Å². The molecule has 0 spiro atoms. The summed E-state index contributed by atoms with van der Waals surface area (Å²) in [6.07, 6.45) is 1.89. The monoisotopic (exact) mass is 376 g/mol. The van der Waals surface area contributed by atoms with Gasteiger partial charge < -0.3 is 10.6 Å². The maximum absolute atomic E-state index is 13.2. The number of rotatable bonds is 4. The Morgan fingerprint density at radius 2 is 1.61 bits per heavy atom. The van der Waals surface area contributed by atoms with Gasteiger partial charge in [-0.05, 0) is 71.2 Å². The SMILES string of the molecule is O=C(Nc1ccc(NC(=O)C2CC2)cc1)c1cc(F)ccc1Br. The third-order valence-electron chi connectivity index (χ3n) is 3.53. The molecule has 1 aliphatic rings. The molecular weight excluding hydrogens is 363 g/mol. The van der Waals surface area contributed by atoms with Crippen LogP contribution >= 0.6 is 15.9 Å². The molecule has 2 aromatic rings. The van der Waals surface area contributed by atoms with Crippen molar-refractivity contribution in [2.45, 2.75) is 12.8 Å². The number of halogens is 2. The summed E-state index contributed by atoms with van der Waals surface area (Å²) < 4.78 is 13.8. The second kappa shape index (κ2) is 6.50. The molecule has 2 aromatic carbocycles. The van der Waals surface area contributed by atoms with Crippen molar-refractivity contribution in [3.05, 3.63) is 58.3 Å². The molecule has 1 fully saturated rings. The van der Waals surface area contributed by atoms with Crippen molar-refractivity contribution in [3.63, 3.8) is 0 Å². The Morgan fingerprint density at radius 1 is 1.00 bits per heavy atom. The fourth-order valence-corrected chi connectivity index (χ4v) is 2.52. The number of hydrogen-bond donors (Lipinski definition) is 2. The van der Waals surface area contributed by atoms with Crippen LogP contribution in [0.4, 0.5) is 15.8 Å². The highest BCUT2D eigenvalue weighted by molar-refractivity contribution is 9.10. The first-order chi connectivity index (χ1) is 11.0. The van der Waals surface area contributed by atoms with Gasteiger partial charge in [-0.15, -0.1) is 0 Å². The van der Waals surface area contributed by atoms with Gasteiger partial charge in [0, 0.05) is 21.8 Å². The molecule has 2 N–H and O–H groups in total. The molecule has 6 heteroatoms. The van der Waals surface area contributed by atoms with Crippen LogP contribution in [-0.2, 0) is 4.79 Å². The molecule has 0 aromatic heterocycles. The van der Waals surface area contributed by atoms with Crippen molar-refractivity contribution >= 4 is 39.1 Å². The summed E-state index contributed by atoms with van der Waals surface area (Å²) in [5.74, 6) is -0.715. The summed E-state index contributed by atoms with van der Waals surface area (Å²) in [7, 11) is 0. The Hall–Kier alpha value is -2.21. The van der Waals surface area contributed by atoms with E-state index in [0.717, 1.165) is 12.8 Å². The maximum Gasteiger partial charge on any atom is 0.256 e. The van der Waals surface area contributed by atoms with Crippen LogP contribution in [-0.4, -0.2) is 11.8 Å². The van der Waals surface area contributed by atoms with Gasteiger partial charge in [0.25, 0.3) is 5.91 Å². The average molecular weight is 377 g/mol. The molecule has 1 saturated carbocycles. The predicted octanol–water partition coefficient (Wildman–Crippen LogP) is 4.19. The standard InChI is InChI=1S/C17H14BrFN2O2/c18-15-8-3-11(19)9-14(15)17(23)21-13-6-4-12(5-7-13)20-16(22)10-1-2-10/h3-10H,1-2H2,(H,20,22)(H,21,23). The average Bonchev–Trinajstić information content (AvgIpc) is 3.36. The third-order valence-corrected chi connectivity index (χ3v) is 4.22. The lowest BCUT2D eigenvalue weighted by Gasteiger charge is -2.09. The number of hydrogen-bond acceptors (Lipinski definition) is 2. The fourth-order valence-electron chi connectivity index (χ4n) is 2.10. The minimum Gasteiger partial charge on any atom is -0.326 e. The van der Waals surface area contributed by atoms with Crippen LogP contribution < -0.4 is 10.6 Å². The number of anilines is 2. The first kappa shape index (κ1) is 15.7. The number of carbonyl (C=O) groups is 2. The van der Waals surface area contributed by atoms with E-state index in [1.165, 1.54) is 18.2 Å². The molecule has 0 bridgehead atoms. The van der Waals surface area contributed by atoms with E-state index in [4.69, 9.17) is 0 Å². The normalized spacial score (nSPS) is 13.5. The zero-order valence-electron chi connectivity index (χ0n) is 12.1. The molecule has 3 rings (SSSR count). The Labute approximate surface area is 141 Å². The van der Waals surface area contributed by atoms with E-state index in [1.807, 2.05) is 0 Å². The van der Waals surface area contributed by atoms with Crippen LogP contribution in [0.25, 0.3) is 0 Å². The van der Waals surface area contributed by atoms with Gasteiger partial charge in [0.05, 0.1) is 5.56 Å². The highest BCUT2D eigenvalue weighted by Gasteiger charge is 2.29. The lowest BCUT2D eigenvalue weighted by Crippen LogP contribution is -2.14. The summed E-state index contributed by atoms with van der Waals surface area (Å²) >= 11 is 3.23. The van der Waals surface area contributed by atoms with Crippen molar-refractivity contribution in [1.82, 2.24) is 0 Å². The first-order valence-corrected chi connectivity index (χ1v) is 7.99. The van der Waals surface area contributed by atoms with Gasteiger partial charge in [-0.2, -0.15) is 0 Å². The topological polar surface area (TPSA) is 58.2 Å². The largest absolute Gasteiger partial charge is 0.326 e.